The molecule has 0 saturated heterocycles. The molecule has 0 fully saturated rings. The standard InChI is InChI=1S/C22H21N5O2S/c1-29-19-6-4-18(5-7-19)27-13-17(25-26-27)3-9-22(28)24-21-12-15(2-8-20(21)23)16-10-11-30-14-16/h2,4-8,10-14H,3,9,23H2,1H3,(H,24,28). The molecule has 0 spiro atoms. The second-order valence-corrected chi connectivity index (χ2v) is 7.49. The summed E-state index contributed by atoms with van der Waals surface area (Å²) in [6, 6.07) is 15.2. The van der Waals surface area contributed by atoms with Crippen LogP contribution < -0.4 is 15.8 Å². The number of nitrogens with two attached hydrogens (primary N) is 1. The van der Waals surface area contributed by atoms with Gasteiger partial charge in [0.05, 0.1) is 36.1 Å². The Morgan fingerprint density at radius 2 is 2.00 bits per heavy atom. The molecular formula is C22H21N5O2S. The highest BCUT2D eigenvalue weighted by atomic mass is 32.1. The molecule has 0 aliphatic heterocycles. The Bertz CT molecular complexity index is 1140. The van der Waals surface area contributed by atoms with Crippen LogP contribution in [-0.4, -0.2) is 28.0 Å². The molecule has 0 bridgehead atoms. The topological polar surface area (TPSA) is 95.1 Å². The fourth-order valence-electron chi connectivity index (χ4n) is 3.00. The molecule has 0 aliphatic rings. The lowest BCUT2D eigenvalue weighted by atomic mass is 10.1. The van der Waals surface area contributed by atoms with Crippen LogP contribution in [0.25, 0.3) is 16.8 Å². The minimum Gasteiger partial charge on any atom is -0.497 e. The van der Waals surface area contributed by atoms with Crippen LogP contribution in [0.2, 0.25) is 0 Å². The first-order valence-electron chi connectivity index (χ1n) is 9.40. The summed E-state index contributed by atoms with van der Waals surface area (Å²) in [6.07, 6.45) is 2.58. The van der Waals surface area contributed by atoms with Gasteiger partial charge in [0.2, 0.25) is 5.91 Å². The lowest BCUT2D eigenvalue weighted by Gasteiger charge is -2.10. The zero-order valence-electron chi connectivity index (χ0n) is 16.4. The number of rotatable bonds is 7. The number of carbonyl (C=O) groups is 1. The molecule has 1 amide bonds. The maximum Gasteiger partial charge on any atom is 0.224 e. The zero-order valence-corrected chi connectivity index (χ0v) is 17.2. The third kappa shape index (κ3) is 4.49. The largest absolute Gasteiger partial charge is 0.497 e. The van der Waals surface area contributed by atoms with Gasteiger partial charge in [0.25, 0.3) is 0 Å². The number of ether oxygens (including phenoxy) is 1. The van der Waals surface area contributed by atoms with Crippen molar-refractivity contribution in [1.82, 2.24) is 15.0 Å². The Balaban J connectivity index is 1.37. The molecule has 30 heavy (non-hydrogen) atoms. The van der Waals surface area contributed by atoms with Gasteiger partial charge in [-0.25, -0.2) is 4.68 Å². The van der Waals surface area contributed by atoms with Gasteiger partial charge in [0, 0.05) is 12.8 Å². The number of amides is 1. The van der Waals surface area contributed by atoms with E-state index in [1.165, 1.54) is 0 Å². The summed E-state index contributed by atoms with van der Waals surface area (Å²) in [6.45, 7) is 0. The summed E-state index contributed by atoms with van der Waals surface area (Å²) < 4.78 is 6.84. The molecule has 4 rings (SSSR count). The number of nitrogen functional groups attached to an aromatic ring is 1. The number of nitrogens with one attached hydrogen (secondary N) is 1. The summed E-state index contributed by atoms with van der Waals surface area (Å²) in [5.41, 5.74) is 10.9. The molecular weight excluding hydrogens is 398 g/mol. The van der Waals surface area contributed by atoms with Crippen molar-refractivity contribution in [2.45, 2.75) is 12.8 Å². The number of hydrogen-bond acceptors (Lipinski definition) is 6. The van der Waals surface area contributed by atoms with Gasteiger partial charge in [0.15, 0.2) is 0 Å². The van der Waals surface area contributed by atoms with E-state index >= 15 is 0 Å². The van der Waals surface area contributed by atoms with Crippen LogP contribution in [0.4, 0.5) is 11.4 Å². The number of thiophene rings is 1. The molecule has 0 radical (unpaired) electrons. The van der Waals surface area contributed by atoms with Crippen molar-refractivity contribution >= 4 is 28.6 Å². The van der Waals surface area contributed by atoms with Gasteiger partial charge in [0.1, 0.15) is 5.75 Å². The van der Waals surface area contributed by atoms with Gasteiger partial charge in [-0.2, -0.15) is 11.3 Å². The van der Waals surface area contributed by atoms with Gasteiger partial charge in [-0.15, -0.1) is 5.10 Å². The molecule has 7 nitrogen and oxygen atoms in total. The van der Waals surface area contributed by atoms with Gasteiger partial charge in [-0.05, 0) is 64.4 Å². The molecule has 2 heterocycles. The van der Waals surface area contributed by atoms with Crippen molar-refractivity contribution in [3.63, 3.8) is 0 Å². The van der Waals surface area contributed by atoms with Crippen molar-refractivity contribution in [2.75, 3.05) is 18.2 Å². The normalized spacial score (nSPS) is 10.7. The highest BCUT2D eigenvalue weighted by Crippen LogP contribution is 2.28. The van der Waals surface area contributed by atoms with Crippen LogP contribution in [0, 0.1) is 0 Å². The number of methoxy groups -OCH3 is 1. The van der Waals surface area contributed by atoms with Gasteiger partial charge in [-0.1, -0.05) is 11.3 Å². The van der Waals surface area contributed by atoms with Gasteiger partial charge in [-0.3, -0.25) is 4.79 Å². The highest BCUT2D eigenvalue weighted by molar-refractivity contribution is 7.08. The average Bonchev–Trinajstić information content (AvgIpc) is 3.46. The van der Waals surface area contributed by atoms with Crippen LogP contribution >= 0.6 is 11.3 Å². The van der Waals surface area contributed by atoms with E-state index in [1.54, 1.807) is 23.1 Å². The monoisotopic (exact) mass is 419 g/mol. The fraction of sp³-hybridized carbons (Fsp3) is 0.136. The number of hydrogen-bond donors (Lipinski definition) is 2. The van der Waals surface area contributed by atoms with E-state index in [9.17, 15) is 4.79 Å². The second kappa shape index (κ2) is 8.79. The van der Waals surface area contributed by atoms with Crippen LogP contribution in [0.3, 0.4) is 0 Å². The van der Waals surface area contributed by atoms with E-state index in [4.69, 9.17) is 10.5 Å². The molecule has 2 aromatic heterocycles. The molecule has 4 aromatic rings. The first-order chi connectivity index (χ1) is 14.6. The van der Waals surface area contributed by atoms with Crippen molar-refractivity contribution < 1.29 is 9.53 Å². The fourth-order valence-corrected chi connectivity index (χ4v) is 3.67. The second-order valence-electron chi connectivity index (χ2n) is 6.71. The van der Waals surface area contributed by atoms with E-state index in [1.807, 2.05) is 60.1 Å². The van der Waals surface area contributed by atoms with Crippen LogP contribution in [0.5, 0.6) is 5.75 Å². The summed E-state index contributed by atoms with van der Waals surface area (Å²) in [5.74, 6) is 0.654. The smallest absolute Gasteiger partial charge is 0.224 e. The predicted molar refractivity (Wildman–Crippen MR) is 119 cm³/mol. The molecule has 0 unspecified atom stereocenters. The minimum absolute atomic E-state index is 0.122. The number of aromatic nitrogens is 3. The molecule has 0 saturated carbocycles. The van der Waals surface area contributed by atoms with Crippen LogP contribution in [-0.2, 0) is 11.2 Å². The summed E-state index contributed by atoms with van der Waals surface area (Å²) in [5, 5.41) is 15.3. The van der Waals surface area contributed by atoms with Gasteiger partial charge < -0.3 is 15.8 Å². The summed E-state index contributed by atoms with van der Waals surface area (Å²) in [7, 11) is 1.62. The number of benzene rings is 2. The lowest BCUT2D eigenvalue weighted by molar-refractivity contribution is -0.116. The van der Waals surface area contributed by atoms with E-state index in [-0.39, 0.29) is 12.3 Å². The Morgan fingerprint density at radius 1 is 1.17 bits per heavy atom. The number of anilines is 2. The van der Waals surface area contributed by atoms with E-state index in [0.29, 0.717) is 17.8 Å². The molecule has 8 heteroatoms. The summed E-state index contributed by atoms with van der Waals surface area (Å²) in [4.78, 5) is 12.4. The van der Waals surface area contributed by atoms with E-state index < -0.39 is 0 Å². The molecule has 0 aliphatic carbocycles. The highest BCUT2D eigenvalue weighted by Gasteiger charge is 2.10. The Kier molecular flexibility index (Phi) is 5.76. The third-order valence-corrected chi connectivity index (χ3v) is 5.35. The predicted octanol–water partition coefficient (Wildman–Crippen LogP) is 4.16. The molecule has 3 N–H and O–H groups in total. The maximum atomic E-state index is 12.4. The number of carbonyl (C=O) groups excluding carboxylic acids is 1. The quantitative estimate of drug-likeness (QED) is 0.439. The van der Waals surface area contributed by atoms with Gasteiger partial charge >= 0.3 is 0 Å². The van der Waals surface area contributed by atoms with Crippen molar-refractivity contribution in [3.05, 3.63) is 71.2 Å². The number of nitrogens with zero attached hydrogens (tertiary/aromatic N) is 3. The van der Waals surface area contributed by atoms with Crippen molar-refractivity contribution in [1.29, 1.82) is 0 Å². The van der Waals surface area contributed by atoms with E-state index in [2.05, 4.69) is 21.0 Å². The van der Waals surface area contributed by atoms with Crippen LogP contribution in [0.15, 0.2) is 65.5 Å². The first kappa shape index (κ1) is 19.7. The first-order valence-corrected chi connectivity index (χ1v) is 10.3. The van der Waals surface area contributed by atoms with Crippen LogP contribution in [0.1, 0.15) is 12.1 Å². The van der Waals surface area contributed by atoms with Crippen molar-refractivity contribution in [2.24, 2.45) is 0 Å². The number of aryl methyl sites for hydroxylation is 1. The molecule has 152 valence electrons. The molecule has 2 aromatic carbocycles. The molecule has 0 atom stereocenters. The Morgan fingerprint density at radius 3 is 2.73 bits per heavy atom. The maximum absolute atomic E-state index is 12.4. The summed E-state index contributed by atoms with van der Waals surface area (Å²) >= 11 is 1.63. The lowest BCUT2D eigenvalue weighted by Crippen LogP contribution is -2.13. The Labute approximate surface area is 178 Å². The Hall–Kier alpha value is -3.65. The third-order valence-electron chi connectivity index (χ3n) is 4.67. The van der Waals surface area contributed by atoms with Crippen molar-refractivity contribution in [3.8, 4) is 22.6 Å². The SMILES string of the molecule is COc1ccc(-n2cc(CCC(=O)Nc3cc(-c4ccsc4)ccc3N)nn2)cc1. The average molecular weight is 420 g/mol. The minimum atomic E-state index is -0.122. The van der Waals surface area contributed by atoms with E-state index in [0.717, 1.165) is 28.3 Å². The zero-order chi connectivity index (χ0) is 20.9.